The molecule has 0 amide bonds. The predicted molar refractivity (Wildman–Crippen MR) is 80.6 cm³/mol. The van der Waals surface area contributed by atoms with Crippen LogP contribution in [0.3, 0.4) is 0 Å². The molecule has 0 aliphatic heterocycles. The third kappa shape index (κ3) is 3.37. The Hall–Kier alpha value is -1.40. The Bertz CT molecular complexity index is 689. The van der Waals surface area contributed by atoms with E-state index < -0.39 is 0 Å². The highest BCUT2D eigenvalue weighted by molar-refractivity contribution is 7.09. The molecule has 0 saturated carbocycles. The molecule has 2 aromatic heterocycles. The van der Waals surface area contributed by atoms with Crippen molar-refractivity contribution in [3.8, 4) is 0 Å². The van der Waals surface area contributed by atoms with E-state index in [0.29, 0.717) is 25.4 Å². The van der Waals surface area contributed by atoms with Crippen LogP contribution in [0.25, 0.3) is 0 Å². The maximum absolute atomic E-state index is 12.0. The summed E-state index contributed by atoms with van der Waals surface area (Å²) in [4.78, 5) is 28.1. The first kappa shape index (κ1) is 15.0. The summed E-state index contributed by atoms with van der Waals surface area (Å²) in [5.74, 6) is 0.413. The molecule has 0 saturated heterocycles. The Balaban J connectivity index is 2.04. The number of aromatic nitrogens is 3. The second-order valence-corrected chi connectivity index (χ2v) is 5.55. The van der Waals surface area contributed by atoms with Crippen molar-refractivity contribution in [1.82, 2.24) is 14.1 Å². The fraction of sp³-hybridized carbons (Fsp3) is 0.462. The van der Waals surface area contributed by atoms with Crippen LogP contribution in [0.2, 0.25) is 0 Å². The summed E-state index contributed by atoms with van der Waals surface area (Å²) in [5.41, 5.74) is 0.373. The molecule has 0 atom stereocenters. The van der Waals surface area contributed by atoms with Gasteiger partial charge in [0.15, 0.2) is 0 Å². The molecule has 7 heteroatoms. The van der Waals surface area contributed by atoms with Gasteiger partial charge in [0.25, 0.3) is 5.56 Å². The first-order chi connectivity index (χ1) is 9.65. The van der Waals surface area contributed by atoms with Crippen LogP contribution in [0, 0.1) is 0 Å². The van der Waals surface area contributed by atoms with Crippen LogP contribution in [0.5, 0.6) is 0 Å². The van der Waals surface area contributed by atoms with E-state index in [0.717, 1.165) is 17.1 Å². The number of aryl methyl sites for hydroxylation is 2. The highest BCUT2D eigenvalue weighted by Crippen LogP contribution is 2.13. The fourth-order valence-electron chi connectivity index (χ4n) is 1.92. The molecule has 0 aromatic carbocycles. The molecule has 2 rings (SSSR count). The van der Waals surface area contributed by atoms with Crippen molar-refractivity contribution in [2.24, 2.45) is 0 Å². The summed E-state index contributed by atoms with van der Waals surface area (Å²) < 4.78 is 2.80. The van der Waals surface area contributed by atoms with E-state index in [1.54, 1.807) is 11.3 Å². The molecule has 0 aliphatic rings. The Morgan fingerprint density at radius 3 is 2.85 bits per heavy atom. The van der Waals surface area contributed by atoms with Gasteiger partial charge >= 0.3 is 5.69 Å². The topological polar surface area (TPSA) is 56.9 Å². The molecule has 2 heterocycles. The van der Waals surface area contributed by atoms with Gasteiger partial charge in [-0.05, 0) is 13.3 Å². The van der Waals surface area contributed by atoms with E-state index in [9.17, 15) is 9.59 Å². The van der Waals surface area contributed by atoms with Crippen LogP contribution in [-0.2, 0) is 25.4 Å². The van der Waals surface area contributed by atoms with Gasteiger partial charge in [-0.25, -0.2) is 9.78 Å². The predicted octanol–water partition coefficient (Wildman–Crippen LogP) is 1.86. The van der Waals surface area contributed by atoms with Gasteiger partial charge in [-0.2, -0.15) is 0 Å². The van der Waals surface area contributed by atoms with Gasteiger partial charge in [0.05, 0.1) is 16.6 Å². The van der Waals surface area contributed by atoms with E-state index in [1.807, 2.05) is 12.3 Å². The molecule has 0 spiro atoms. The molecule has 108 valence electrons. The van der Waals surface area contributed by atoms with Crippen molar-refractivity contribution in [3.63, 3.8) is 0 Å². The second kappa shape index (κ2) is 6.85. The van der Waals surface area contributed by atoms with Crippen molar-refractivity contribution in [1.29, 1.82) is 0 Å². The number of thiazole rings is 1. The van der Waals surface area contributed by atoms with Gasteiger partial charge in [0.1, 0.15) is 0 Å². The van der Waals surface area contributed by atoms with E-state index >= 15 is 0 Å². The summed E-state index contributed by atoms with van der Waals surface area (Å²) >= 11 is 7.26. The largest absolute Gasteiger partial charge is 0.330 e. The molecule has 20 heavy (non-hydrogen) atoms. The number of halogens is 1. The summed E-state index contributed by atoms with van der Waals surface area (Å²) in [6.45, 7) is 2.85. The molecule has 0 fully saturated rings. The van der Waals surface area contributed by atoms with Crippen LogP contribution >= 0.6 is 22.9 Å². The van der Waals surface area contributed by atoms with Crippen molar-refractivity contribution < 1.29 is 0 Å². The second-order valence-electron chi connectivity index (χ2n) is 4.34. The van der Waals surface area contributed by atoms with Gasteiger partial charge in [-0.3, -0.25) is 9.36 Å². The zero-order valence-electron chi connectivity index (χ0n) is 11.2. The molecule has 0 bridgehead atoms. The number of alkyl halides is 1. The summed E-state index contributed by atoms with van der Waals surface area (Å²) in [5, 5.41) is 2.92. The van der Waals surface area contributed by atoms with Crippen molar-refractivity contribution in [3.05, 3.63) is 49.2 Å². The standard InChI is InChI=1S/C13H16ClN3O2S/c1-2-16-7-5-12(18)17(13(16)19)6-3-4-11-15-10(8-14)9-20-11/h5,7,9H,2-4,6,8H2,1H3. The minimum atomic E-state index is -0.250. The lowest BCUT2D eigenvalue weighted by Gasteiger charge is -2.07. The number of nitrogens with zero attached hydrogens (tertiary/aromatic N) is 3. The minimum absolute atomic E-state index is 0.249. The van der Waals surface area contributed by atoms with E-state index in [2.05, 4.69) is 4.98 Å². The lowest BCUT2D eigenvalue weighted by molar-refractivity contribution is 0.544. The fourth-order valence-corrected chi connectivity index (χ4v) is 2.99. The molecule has 0 radical (unpaired) electrons. The van der Waals surface area contributed by atoms with Crippen LogP contribution in [0.15, 0.2) is 27.2 Å². The quantitative estimate of drug-likeness (QED) is 0.765. The lowest BCUT2D eigenvalue weighted by atomic mass is 10.3. The highest BCUT2D eigenvalue weighted by Gasteiger charge is 2.05. The van der Waals surface area contributed by atoms with E-state index in [1.165, 1.54) is 21.4 Å². The molecule has 2 aromatic rings. The van der Waals surface area contributed by atoms with E-state index in [-0.39, 0.29) is 11.2 Å². The Morgan fingerprint density at radius 2 is 2.20 bits per heavy atom. The highest BCUT2D eigenvalue weighted by atomic mass is 35.5. The third-order valence-electron chi connectivity index (χ3n) is 2.99. The number of hydrogen-bond donors (Lipinski definition) is 0. The van der Waals surface area contributed by atoms with Crippen LogP contribution < -0.4 is 11.2 Å². The number of rotatable bonds is 6. The van der Waals surface area contributed by atoms with E-state index in [4.69, 9.17) is 11.6 Å². The van der Waals surface area contributed by atoms with Gasteiger partial charge < -0.3 is 4.57 Å². The first-order valence-electron chi connectivity index (χ1n) is 6.45. The van der Waals surface area contributed by atoms with Crippen molar-refractivity contribution in [2.75, 3.05) is 0 Å². The van der Waals surface area contributed by atoms with Gasteiger partial charge in [0.2, 0.25) is 0 Å². The zero-order chi connectivity index (χ0) is 14.5. The average Bonchev–Trinajstić information content (AvgIpc) is 2.90. The zero-order valence-corrected chi connectivity index (χ0v) is 12.8. The molecule has 5 nitrogen and oxygen atoms in total. The summed E-state index contributed by atoms with van der Waals surface area (Å²) in [6, 6.07) is 1.43. The minimum Gasteiger partial charge on any atom is -0.301 e. The molecule has 0 N–H and O–H groups in total. The molecule has 0 aliphatic carbocycles. The number of hydrogen-bond acceptors (Lipinski definition) is 4. The van der Waals surface area contributed by atoms with Crippen LogP contribution in [0.4, 0.5) is 0 Å². The summed E-state index contributed by atoms with van der Waals surface area (Å²) in [6.07, 6.45) is 2.99. The summed E-state index contributed by atoms with van der Waals surface area (Å²) in [7, 11) is 0. The average molecular weight is 314 g/mol. The first-order valence-corrected chi connectivity index (χ1v) is 7.86. The molecular formula is C13H16ClN3O2S. The van der Waals surface area contributed by atoms with Crippen molar-refractivity contribution >= 4 is 22.9 Å². The SMILES string of the molecule is CCn1ccc(=O)n(CCCc2nc(CCl)cs2)c1=O. The molecular weight excluding hydrogens is 298 g/mol. The Labute approximate surface area is 125 Å². The Morgan fingerprint density at radius 1 is 1.40 bits per heavy atom. The Kier molecular flexibility index (Phi) is 5.14. The maximum Gasteiger partial charge on any atom is 0.330 e. The van der Waals surface area contributed by atoms with Gasteiger partial charge in [-0.1, -0.05) is 0 Å². The smallest absolute Gasteiger partial charge is 0.301 e. The van der Waals surface area contributed by atoms with Crippen LogP contribution in [-0.4, -0.2) is 14.1 Å². The normalized spacial score (nSPS) is 10.9. The molecule has 0 unspecified atom stereocenters. The van der Waals surface area contributed by atoms with Crippen molar-refractivity contribution in [2.45, 2.75) is 38.7 Å². The monoisotopic (exact) mass is 313 g/mol. The third-order valence-corrected chi connectivity index (χ3v) is 4.22. The van der Waals surface area contributed by atoms with Crippen LogP contribution in [0.1, 0.15) is 24.0 Å². The maximum atomic E-state index is 12.0. The lowest BCUT2D eigenvalue weighted by Crippen LogP contribution is -2.38. The van der Waals surface area contributed by atoms with Gasteiger partial charge in [0, 0.05) is 37.2 Å². The van der Waals surface area contributed by atoms with Gasteiger partial charge in [-0.15, -0.1) is 22.9 Å².